The van der Waals surface area contributed by atoms with Crippen LogP contribution in [0.15, 0.2) is 23.6 Å². The molecule has 4 nitrogen and oxygen atoms in total. The predicted molar refractivity (Wildman–Crippen MR) is 78.1 cm³/mol. The molecular weight excluding hydrogens is 272 g/mol. The summed E-state index contributed by atoms with van der Waals surface area (Å²) < 4.78 is 5.36. The molecule has 2 heterocycles. The number of hydrogen-bond acceptors (Lipinski definition) is 4. The Kier molecular flexibility index (Phi) is 2.73. The van der Waals surface area contributed by atoms with E-state index in [0.29, 0.717) is 0 Å². The first kappa shape index (κ1) is 11.9. The number of anilines is 1. The van der Waals surface area contributed by atoms with Crippen molar-refractivity contribution in [1.82, 2.24) is 4.98 Å². The van der Waals surface area contributed by atoms with E-state index in [4.69, 9.17) is 9.72 Å². The average Bonchev–Trinajstić information content (AvgIpc) is 3.13. The Hall–Kier alpha value is -1.88. The molecule has 0 unspecified atom stereocenters. The predicted octanol–water partition coefficient (Wildman–Crippen LogP) is 3.09. The highest BCUT2D eigenvalue weighted by Crippen LogP contribution is 2.36. The minimum atomic E-state index is -0.109. The van der Waals surface area contributed by atoms with Gasteiger partial charge in [0.1, 0.15) is 5.75 Å². The van der Waals surface area contributed by atoms with E-state index in [0.717, 1.165) is 35.0 Å². The molecule has 4 rings (SSSR count). The lowest BCUT2D eigenvalue weighted by Gasteiger charge is -2.18. The molecule has 1 amide bonds. The third-order valence-corrected chi connectivity index (χ3v) is 4.49. The highest BCUT2D eigenvalue weighted by Gasteiger charge is 2.23. The van der Waals surface area contributed by atoms with Gasteiger partial charge in [-0.25, -0.2) is 4.98 Å². The maximum atomic E-state index is 11.4. The number of nitrogens with one attached hydrogen (secondary N) is 1. The van der Waals surface area contributed by atoms with Crippen molar-refractivity contribution in [2.24, 2.45) is 5.92 Å². The van der Waals surface area contributed by atoms with E-state index in [1.54, 1.807) is 11.3 Å². The van der Waals surface area contributed by atoms with Gasteiger partial charge in [0.25, 0.3) is 5.91 Å². The first-order chi connectivity index (χ1) is 9.78. The fourth-order valence-corrected chi connectivity index (χ4v) is 3.27. The Morgan fingerprint density at radius 3 is 3.15 bits per heavy atom. The summed E-state index contributed by atoms with van der Waals surface area (Å²) in [7, 11) is 0. The number of aromatic nitrogens is 1. The second-order valence-electron chi connectivity index (χ2n) is 5.32. The van der Waals surface area contributed by atoms with Crippen LogP contribution in [0.2, 0.25) is 0 Å². The van der Waals surface area contributed by atoms with Gasteiger partial charge in [0, 0.05) is 17.4 Å². The van der Waals surface area contributed by atoms with Crippen molar-refractivity contribution in [2.75, 3.05) is 11.9 Å². The lowest BCUT2D eigenvalue weighted by atomic mass is 10.1. The minimum absolute atomic E-state index is 0.0918. The van der Waals surface area contributed by atoms with Crippen LogP contribution in [0.5, 0.6) is 5.75 Å². The molecule has 5 heteroatoms. The third-order valence-electron chi connectivity index (χ3n) is 3.62. The molecule has 1 fully saturated rings. The van der Waals surface area contributed by atoms with Gasteiger partial charge < -0.3 is 10.1 Å². The van der Waals surface area contributed by atoms with Crippen molar-refractivity contribution in [3.8, 4) is 17.0 Å². The average molecular weight is 286 g/mol. The normalized spacial score (nSPS) is 17.3. The summed E-state index contributed by atoms with van der Waals surface area (Å²) in [4.78, 5) is 16.0. The van der Waals surface area contributed by atoms with Crippen molar-refractivity contribution in [3.63, 3.8) is 0 Å². The molecule has 2 aromatic rings. The van der Waals surface area contributed by atoms with Crippen molar-refractivity contribution in [3.05, 3.63) is 28.6 Å². The second-order valence-corrected chi connectivity index (χ2v) is 6.26. The molecular formula is C15H14N2O2S. The summed E-state index contributed by atoms with van der Waals surface area (Å²) in [5.41, 5.74) is 2.73. The molecule has 1 aromatic carbocycles. The van der Waals surface area contributed by atoms with Crippen molar-refractivity contribution in [2.45, 2.75) is 19.3 Å². The Bertz CT molecular complexity index is 676. The second kappa shape index (κ2) is 4.59. The Morgan fingerprint density at radius 1 is 1.40 bits per heavy atom. The maximum absolute atomic E-state index is 11.4. The van der Waals surface area contributed by atoms with Crippen LogP contribution in [-0.2, 0) is 11.2 Å². The van der Waals surface area contributed by atoms with E-state index in [-0.39, 0.29) is 12.5 Å². The fourth-order valence-electron chi connectivity index (χ4n) is 2.35. The molecule has 0 spiro atoms. The molecule has 1 N–H and O–H groups in total. The van der Waals surface area contributed by atoms with Crippen LogP contribution in [0, 0.1) is 5.92 Å². The molecule has 0 atom stereocenters. The van der Waals surface area contributed by atoms with Crippen LogP contribution in [0.1, 0.15) is 17.8 Å². The molecule has 1 aromatic heterocycles. The minimum Gasteiger partial charge on any atom is -0.482 e. The number of ether oxygens (including phenoxy) is 1. The zero-order chi connectivity index (χ0) is 13.5. The summed E-state index contributed by atoms with van der Waals surface area (Å²) in [5, 5.41) is 6.13. The number of hydrogen-bond donors (Lipinski definition) is 1. The molecule has 102 valence electrons. The lowest BCUT2D eigenvalue weighted by Crippen LogP contribution is -2.25. The highest BCUT2D eigenvalue weighted by molar-refractivity contribution is 7.09. The molecule has 1 aliphatic heterocycles. The first-order valence-corrected chi connectivity index (χ1v) is 7.67. The zero-order valence-corrected chi connectivity index (χ0v) is 11.7. The Morgan fingerprint density at radius 2 is 2.30 bits per heavy atom. The number of carbonyl (C=O) groups is 1. The quantitative estimate of drug-likeness (QED) is 0.943. The summed E-state index contributed by atoms with van der Waals surface area (Å²) in [6, 6.07) is 5.82. The van der Waals surface area contributed by atoms with Crippen molar-refractivity contribution in [1.29, 1.82) is 0 Å². The van der Waals surface area contributed by atoms with E-state index in [9.17, 15) is 4.79 Å². The van der Waals surface area contributed by atoms with Gasteiger partial charge in [-0.3, -0.25) is 4.79 Å². The number of nitrogens with zero attached hydrogens (tertiary/aromatic N) is 1. The van der Waals surface area contributed by atoms with Crippen LogP contribution in [-0.4, -0.2) is 17.5 Å². The topological polar surface area (TPSA) is 51.2 Å². The van der Waals surface area contributed by atoms with Gasteiger partial charge in [0.2, 0.25) is 0 Å². The van der Waals surface area contributed by atoms with Gasteiger partial charge >= 0.3 is 0 Å². The van der Waals surface area contributed by atoms with E-state index in [1.165, 1.54) is 17.8 Å². The molecule has 1 aliphatic carbocycles. The molecule has 0 saturated heterocycles. The summed E-state index contributed by atoms with van der Waals surface area (Å²) in [6.45, 7) is 0.0918. The SMILES string of the molecule is O=C1COc2ccc(-c3csc(CC4CC4)n3)cc2N1. The van der Waals surface area contributed by atoms with Crippen molar-refractivity contribution >= 4 is 22.9 Å². The van der Waals surface area contributed by atoms with Gasteiger partial charge in [0.05, 0.1) is 16.4 Å². The summed E-state index contributed by atoms with van der Waals surface area (Å²) in [6.07, 6.45) is 3.80. The number of thiazole rings is 1. The van der Waals surface area contributed by atoms with Crippen LogP contribution in [0.3, 0.4) is 0 Å². The smallest absolute Gasteiger partial charge is 0.262 e. The molecule has 0 bridgehead atoms. The van der Waals surface area contributed by atoms with Gasteiger partial charge in [-0.05, 0) is 37.0 Å². The fraction of sp³-hybridized carbons (Fsp3) is 0.333. The molecule has 0 radical (unpaired) electrons. The van der Waals surface area contributed by atoms with Crippen LogP contribution < -0.4 is 10.1 Å². The highest BCUT2D eigenvalue weighted by atomic mass is 32.1. The Labute approximate surface area is 120 Å². The number of rotatable bonds is 3. The molecule has 2 aliphatic rings. The molecule has 20 heavy (non-hydrogen) atoms. The zero-order valence-electron chi connectivity index (χ0n) is 10.9. The van der Waals surface area contributed by atoms with Gasteiger partial charge in [-0.1, -0.05) is 0 Å². The number of carbonyl (C=O) groups excluding carboxylic acids is 1. The van der Waals surface area contributed by atoms with E-state index >= 15 is 0 Å². The van der Waals surface area contributed by atoms with Crippen LogP contribution in [0.25, 0.3) is 11.3 Å². The molecule has 1 saturated carbocycles. The monoisotopic (exact) mass is 286 g/mol. The van der Waals surface area contributed by atoms with Crippen LogP contribution in [0.4, 0.5) is 5.69 Å². The van der Waals surface area contributed by atoms with Gasteiger partial charge in [0.15, 0.2) is 6.61 Å². The largest absolute Gasteiger partial charge is 0.482 e. The maximum Gasteiger partial charge on any atom is 0.262 e. The van der Waals surface area contributed by atoms with Crippen molar-refractivity contribution < 1.29 is 9.53 Å². The van der Waals surface area contributed by atoms with E-state index in [2.05, 4.69) is 10.7 Å². The first-order valence-electron chi connectivity index (χ1n) is 6.79. The number of fused-ring (bicyclic) bond motifs is 1. The summed E-state index contributed by atoms with van der Waals surface area (Å²) >= 11 is 1.72. The van der Waals surface area contributed by atoms with Gasteiger partial charge in [-0.15, -0.1) is 11.3 Å². The van der Waals surface area contributed by atoms with E-state index in [1.807, 2.05) is 18.2 Å². The van der Waals surface area contributed by atoms with Crippen LogP contribution >= 0.6 is 11.3 Å². The Balaban J connectivity index is 1.62. The standard InChI is InChI=1S/C15H14N2O2S/c18-14-7-19-13-4-3-10(6-11(13)16-14)12-8-20-15(17-12)5-9-1-2-9/h3-4,6,8-9H,1-2,5,7H2,(H,16,18). The third kappa shape index (κ3) is 2.29. The van der Waals surface area contributed by atoms with E-state index < -0.39 is 0 Å². The lowest BCUT2D eigenvalue weighted by molar-refractivity contribution is -0.118. The number of benzene rings is 1. The summed E-state index contributed by atoms with van der Waals surface area (Å²) in [5.74, 6) is 1.47. The number of amides is 1. The van der Waals surface area contributed by atoms with Gasteiger partial charge in [-0.2, -0.15) is 0 Å².